The van der Waals surface area contributed by atoms with Crippen LogP contribution >= 0.6 is 46.4 Å². The molecule has 1 aliphatic heterocycles. The van der Waals surface area contributed by atoms with Crippen LogP contribution in [0.15, 0.2) is 30.3 Å². The Bertz CT molecular complexity index is 1070. The number of para-hydroxylation sites is 1. The van der Waals surface area contributed by atoms with E-state index >= 15 is 0 Å². The average molecular weight is 518 g/mol. The summed E-state index contributed by atoms with van der Waals surface area (Å²) >= 11 is 24.3. The topological polar surface area (TPSA) is 92.8 Å². The van der Waals surface area contributed by atoms with E-state index in [0.29, 0.717) is 10.6 Å². The highest BCUT2D eigenvalue weighted by Gasteiger charge is 2.48. The van der Waals surface area contributed by atoms with Crippen molar-refractivity contribution in [2.75, 3.05) is 11.9 Å². The van der Waals surface area contributed by atoms with E-state index in [2.05, 4.69) is 5.32 Å². The molecular formula is C21H16Cl4N2O5. The molecule has 1 atom stereocenters. The van der Waals surface area contributed by atoms with Gasteiger partial charge in [0.2, 0.25) is 0 Å². The molecule has 0 radical (unpaired) electrons. The fourth-order valence-electron chi connectivity index (χ4n) is 3.24. The summed E-state index contributed by atoms with van der Waals surface area (Å²) in [5.41, 5.74) is 0.0417. The second kappa shape index (κ2) is 9.67. The van der Waals surface area contributed by atoms with E-state index in [9.17, 15) is 19.2 Å². The first kappa shape index (κ1) is 24.3. The van der Waals surface area contributed by atoms with Crippen LogP contribution in [0.1, 0.15) is 34.6 Å². The van der Waals surface area contributed by atoms with Crippen LogP contribution in [-0.2, 0) is 14.3 Å². The van der Waals surface area contributed by atoms with Gasteiger partial charge in [0.25, 0.3) is 17.7 Å². The van der Waals surface area contributed by atoms with Gasteiger partial charge in [-0.2, -0.15) is 0 Å². The van der Waals surface area contributed by atoms with Crippen molar-refractivity contribution in [2.24, 2.45) is 5.92 Å². The van der Waals surface area contributed by atoms with E-state index in [1.54, 1.807) is 44.2 Å². The van der Waals surface area contributed by atoms with Gasteiger partial charge in [-0.15, -0.1) is 0 Å². The number of ether oxygens (including phenoxy) is 1. The molecule has 3 rings (SSSR count). The quantitative estimate of drug-likeness (QED) is 0.249. The summed E-state index contributed by atoms with van der Waals surface area (Å²) in [6.45, 7) is 2.62. The first-order valence-corrected chi connectivity index (χ1v) is 10.8. The molecule has 1 unspecified atom stereocenters. The maximum Gasteiger partial charge on any atom is 0.330 e. The summed E-state index contributed by atoms with van der Waals surface area (Å²) in [4.78, 5) is 51.7. The van der Waals surface area contributed by atoms with E-state index in [0.717, 1.165) is 0 Å². The van der Waals surface area contributed by atoms with E-state index in [1.807, 2.05) is 0 Å². The molecule has 0 spiro atoms. The van der Waals surface area contributed by atoms with Gasteiger partial charge in [-0.3, -0.25) is 19.3 Å². The first-order chi connectivity index (χ1) is 15.1. The van der Waals surface area contributed by atoms with Gasteiger partial charge in [-0.05, 0) is 18.1 Å². The predicted octanol–water partition coefficient (Wildman–Crippen LogP) is 5.10. The lowest BCUT2D eigenvalue weighted by molar-refractivity contribution is -0.152. The second-order valence-electron chi connectivity index (χ2n) is 7.20. The minimum Gasteiger partial charge on any atom is -0.454 e. The standard InChI is InChI=1S/C21H16Cl4N2O5/c1-9(2)18(21(31)32-8-11(28)26-10-6-4-3-5-7-10)27-19(29)12-13(20(27)30)15(23)17(25)16(24)14(12)22/h3-7,9,18H,8H2,1-2H3,(H,26,28). The fourth-order valence-corrected chi connectivity index (χ4v) is 4.25. The summed E-state index contributed by atoms with van der Waals surface area (Å²) in [5, 5.41) is 1.73. The van der Waals surface area contributed by atoms with E-state index in [4.69, 9.17) is 51.1 Å². The van der Waals surface area contributed by atoms with Gasteiger partial charge in [-0.1, -0.05) is 78.5 Å². The highest BCUT2D eigenvalue weighted by Crippen LogP contribution is 2.45. The Balaban J connectivity index is 1.82. The largest absolute Gasteiger partial charge is 0.454 e. The van der Waals surface area contributed by atoms with E-state index in [1.165, 1.54) is 0 Å². The number of benzene rings is 2. The maximum absolute atomic E-state index is 13.0. The van der Waals surface area contributed by atoms with Crippen molar-refractivity contribution in [3.05, 3.63) is 61.5 Å². The van der Waals surface area contributed by atoms with Crippen molar-refractivity contribution >= 4 is 75.8 Å². The zero-order valence-electron chi connectivity index (χ0n) is 16.7. The van der Waals surface area contributed by atoms with Gasteiger partial charge < -0.3 is 10.1 Å². The molecule has 32 heavy (non-hydrogen) atoms. The van der Waals surface area contributed by atoms with Crippen LogP contribution < -0.4 is 5.32 Å². The predicted molar refractivity (Wildman–Crippen MR) is 122 cm³/mol. The zero-order chi connectivity index (χ0) is 23.7. The van der Waals surface area contributed by atoms with Crippen LogP contribution in [-0.4, -0.2) is 41.2 Å². The summed E-state index contributed by atoms with van der Waals surface area (Å²) < 4.78 is 5.10. The molecule has 2 aromatic carbocycles. The molecule has 0 aromatic heterocycles. The minimum atomic E-state index is -1.34. The Morgan fingerprint density at radius 2 is 1.41 bits per heavy atom. The number of esters is 1. The number of carbonyl (C=O) groups excluding carboxylic acids is 4. The molecule has 1 heterocycles. The number of hydrogen-bond donors (Lipinski definition) is 1. The Hall–Kier alpha value is -2.32. The van der Waals surface area contributed by atoms with E-state index in [-0.39, 0.29) is 31.2 Å². The van der Waals surface area contributed by atoms with Crippen LogP contribution in [0.4, 0.5) is 5.69 Å². The number of anilines is 1. The SMILES string of the molecule is CC(C)C(C(=O)OCC(=O)Nc1ccccc1)N1C(=O)c2c(Cl)c(Cl)c(Cl)c(Cl)c2C1=O. The van der Waals surface area contributed by atoms with Gasteiger partial charge >= 0.3 is 5.97 Å². The molecule has 2 aromatic rings. The molecule has 7 nitrogen and oxygen atoms in total. The molecule has 11 heteroatoms. The second-order valence-corrected chi connectivity index (χ2v) is 8.71. The number of hydrogen-bond acceptors (Lipinski definition) is 5. The Morgan fingerprint density at radius 1 is 0.906 bits per heavy atom. The number of imide groups is 1. The van der Waals surface area contributed by atoms with Crippen LogP contribution in [0, 0.1) is 5.92 Å². The number of rotatable bonds is 6. The molecule has 1 aliphatic rings. The lowest BCUT2D eigenvalue weighted by atomic mass is 10.0. The first-order valence-electron chi connectivity index (χ1n) is 9.31. The van der Waals surface area contributed by atoms with Crippen LogP contribution in [0.5, 0.6) is 0 Å². The van der Waals surface area contributed by atoms with Crippen molar-refractivity contribution in [1.29, 1.82) is 0 Å². The lowest BCUT2D eigenvalue weighted by Gasteiger charge is -2.27. The van der Waals surface area contributed by atoms with Crippen molar-refractivity contribution < 1.29 is 23.9 Å². The number of nitrogens with zero attached hydrogens (tertiary/aromatic N) is 1. The number of carbonyl (C=O) groups is 4. The molecular weight excluding hydrogens is 502 g/mol. The van der Waals surface area contributed by atoms with Crippen molar-refractivity contribution in [3.8, 4) is 0 Å². The molecule has 0 saturated heterocycles. The zero-order valence-corrected chi connectivity index (χ0v) is 19.8. The lowest BCUT2D eigenvalue weighted by Crippen LogP contribution is -2.49. The molecule has 3 amide bonds. The van der Waals surface area contributed by atoms with Crippen LogP contribution in [0.3, 0.4) is 0 Å². The summed E-state index contributed by atoms with van der Waals surface area (Å²) in [5.74, 6) is -3.80. The van der Waals surface area contributed by atoms with Crippen LogP contribution in [0.2, 0.25) is 20.1 Å². The summed E-state index contributed by atoms with van der Waals surface area (Å²) in [6.07, 6.45) is 0. The number of halogens is 4. The maximum atomic E-state index is 13.0. The van der Waals surface area contributed by atoms with Gasteiger partial charge in [0.05, 0.1) is 31.2 Å². The third kappa shape index (κ3) is 4.43. The van der Waals surface area contributed by atoms with Gasteiger partial charge in [0.15, 0.2) is 6.61 Å². The third-order valence-electron chi connectivity index (χ3n) is 4.69. The number of amides is 3. The molecule has 0 fully saturated rings. The Labute approximate surface area is 203 Å². The fraction of sp³-hybridized carbons (Fsp3) is 0.238. The van der Waals surface area contributed by atoms with Gasteiger partial charge in [0, 0.05) is 5.69 Å². The molecule has 1 N–H and O–H groups in total. The van der Waals surface area contributed by atoms with Crippen molar-refractivity contribution in [3.63, 3.8) is 0 Å². The molecule has 0 saturated carbocycles. The van der Waals surface area contributed by atoms with Crippen LogP contribution in [0.25, 0.3) is 0 Å². The van der Waals surface area contributed by atoms with Crippen molar-refractivity contribution in [1.82, 2.24) is 4.90 Å². The highest BCUT2D eigenvalue weighted by molar-refractivity contribution is 6.55. The summed E-state index contributed by atoms with van der Waals surface area (Å²) in [6, 6.07) is 7.24. The van der Waals surface area contributed by atoms with E-state index < -0.39 is 42.3 Å². The van der Waals surface area contributed by atoms with Gasteiger partial charge in [0.1, 0.15) is 6.04 Å². The normalized spacial score (nSPS) is 13.9. The number of fused-ring (bicyclic) bond motifs is 1. The molecule has 0 bridgehead atoms. The molecule has 0 aliphatic carbocycles. The van der Waals surface area contributed by atoms with Crippen molar-refractivity contribution in [2.45, 2.75) is 19.9 Å². The minimum absolute atomic E-state index is 0.179. The summed E-state index contributed by atoms with van der Waals surface area (Å²) in [7, 11) is 0. The Kier molecular flexibility index (Phi) is 7.35. The molecule has 168 valence electrons. The Morgan fingerprint density at radius 3 is 1.88 bits per heavy atom. The monoisotopic (exact) mass is 516 g/mol. The smallest absolute Gasteiger partial charge is 0.330 e. The number of nitrogens with one attached hydrogen (secondary N) is 1. The highest BCUT2D eigenvalue weighted by atomic mass is 35.5. The average Bonchev–Trinajstić information content (AvgIpc) is 3.00. The van der Waals surface area contributed by atoms with Gasteiger partial charge in [-0.25, -0.2) is 4.79 Å². The third-order valence-corrected chi connectivity index (χ3v) is 6.49.